The molecule has 140 valence electrons. The van der Waals surface area contributed by atoms with Gasteiger partial charge in [0.05, 0.1) is 6.54 Å². The highest BCUT2D eigenvalue weighted by Crippen LogP contribution is 2.30. The number of rotatable bonds is 4. The topological polar surface area (TPSA) is 121 Å². The molecule has 1 aliphatic heterocycles. The summed E-state index contributed by atoms with van der Waals surface area (Å²) in [5, 5.41) is 14.0. The highest BCUT2D eigenvalue weighted by molar-refractivity contribution is 6.03. The zero-order valence-electron chi connectivity index (χ0n) is 14.5. The Bertz CT molecular complexity index is 871. The van der Waals surface area contributed by atoms with Crippen LogP contribution < -0.4 is 20.3 Å². The zero-order valence-corrected chi connectivity index (χ0v) is 14.5. The molecule has 1 aromatic heterocycles. The lowest BCUT2D eigenvalue weighted by molar-refractivity contribution is -0.138. The van der Waals surface area contributed by atoms with E-state index >= 15 is 0 Å². The highest BCUT2D eigenvalue weighted by Gasteiger charge is 2.27. The van der Waals surface area contributed by atoms with Crippen LogP contribution in [0.15, 0.2) is 42.5 Å². The fraction of sp³-hybridized carbons (Fsp3) is 0.222. The van der Waals surface area contributed by atoms with E-state index in [1.807, 2.05) is 6.07 Å². The number of anilines is 2. The molecule has 0 saturated heterocycles. The Morgan fingerprint density at radius 1 is 1.19 bits per heavy atom. The molecule has 0 radical (unpaired) electrons. The number of hydrogen-bond acceptors (Lipinski definition) is 5. The summed E-state index contributed by atoms with van der Waals surface area (Å²) in [6, 6.07) is 10.4. The molecule has 1 aromatic carbocycles. The van der Waals surface area contributed by atoms with Crippen LogP contribution in [0.25, 0.3) is 0 Å². The van der Waals surface area contributed by atoms with Crippen molar-refractivity contribution in [2.75, 3.05) is 23.4 Å². The van der Waals surface area contributed by atoms with E-state index in [0.717, 1.165) is 0 Å². The summed E-state index contributed by atoms with van der Waals surface area (Å²) in [5.41, 5.74) is 0.615. The van der Waals surface area contributed by atoms with Crippen molar-refractivity contribution in [1.82, 2.24) is 10.3 Å². The summed E-state index contributed by atoms with van der Waals surface area (Å²) in [4.78, 5) is 41.3. The molecule has 1 unspecified atom stereocenters. The number of ether oxygens (including phenoxy) is 1. The van der Waals surface area contributed by atoms with E-state index < -0.39 is 23.9 Å². The number of benzene rings is 1. The number of carboxylic acid groups (broad SMARTS) is 1. The van der Waals surface area contributed by atoms with Crippen LogP contribution in [-0.4, -0.2) is 47.2 Å². The highest BCUT2D eigenvalue weighted by atomic mass is 16.5. The first kappa shape index (κ1) is 18.2. The number of aromatic nitrogens is 1. The molecule has 9 nitrogen and oxygen atoms in total. The minimum absolute atomic E-state index is 0.00939. The van der Waals surface area contributed by atoms with Gasteiger partial charge in [0.15, 0.2) is 11.6 Å². The van der Waals surface area contributed by atoms with Gasteiger partial charge in [0.2, 0.25) is 0 Å². The number of carbonyl (C=O) groups is 3. The largest absolute Gasteiger partial charge is 0.488 e. The van der Waals surface area contributed by atoms with Crippen molar-refractivity contribution in [1.29, 1.82) is 0 Å². The Balaban J connectivity index is 1.82. The minimum Gasteiger partial charge on any atom is -0.488 e. The van der Waals surface area contributed by atoms with Gasteiger partial charge in [-0.05, 0) is 31.2 Å². The third-order valence-corrected chi connectivity index (χ3v) is 3.89. The van der Waals surface area contributed by atoms with Crippen molar-refractivity contribution < 1.29 is 24.2 Å². The van der Waals surface area contributed by atoms with Gasteiger partial charge in [0.1, 0.15) is 18.3 Å². The number of carbonyl (C=O) groups excluding carboxylic acids is 2. The minimum atomic E-state index is -1.16. The quantitative estimate of drug-likeness (QED) is 0.753. The number of urea groups is 1. The molecule has 0 saturated carbocycles. The number of aliphatic carboxylic acids is 1. The van der Waals surface area contributed by atoms with Gasteiger partial charge in [0, 0.05) is 5.69 Å². The van der Waals surface area contributed by atoms with E-state index in [1.54, 1.807) is 24.3 Å². The van der Waals surface area contributed by atoms with Gasteiger partial charge in [0.25, 0.3) is 5.91 Å². The second-order valence-electron chi connectivity index (χ2n) is 5.85. The van der Waals surface area contributed by atoms with Gasteiger partial charge in [-0.15, -0.1) is 0 Å². The SMILES string of the molecule is CC(NC(=O)c1ccc2c(n1)N(C(=O)Nc1ccccc1)CCO2)C(=O)O. The van der Waals surface area contributed by atoms with Gasteiger partial charge in [-0.25, -0.2) is 9.78 Å². The maximum absolute atomic E-state index is 12.6. The third kappa shape index (κ3) is 4.14. The summed E-state index contributed by atoms with van der Waals surface area (Å²) in [7, 11) is 0. The number of hydrogen-bond donors (Lipinski definition) is 3. The Morgan fingerprint density at radius 3 is 2.63 bits per heavy atom. The van der Waals surface area contributed by atoms with Crippen LogP contribution in [-0.2, 0) is 4.79 Å². The fourth-order valence-corrected chi connectivity index (χ4v) is 2.46. The van der Waals surface area contributed by atoms with Crippen LogP contribution in [0.3, 0.4) is 0 Å². The molecular weight excluding hydrogens is 352 g/mol. The maximum Gasteiger partial charge on any atom is 0.327 e. The first-order chi connectivity index (χ1) is 13.0. The number of fused-ring (bicyclic) bond motifs is 1. The number of para-hydroxylation sites is 1. The van der Waals surface area contributed by atoms with Crippen molar-refractivity contribution in [3.05, 3.63) is 48.2 Å². The molecular formula is C18H18N4O5. The molecule has 27 heavy (non-hydrogen) atoms. The second kappa shape index (κ2) is 7.73. The Morgan fingerprint density at radius 2 is 1.93 bits per heavy atom. The van der Waals surface area contributed by atoms with E-state index in [9.17, 15) is 14.4 Å². The summed E-state index contributed by atoms with van der Waals surface area (Å²) < 4.78 is 5.50. The number of carboxylic acids is 1. The first-order valence-corrected chi connectivity index (χ1v) is 8.27. The molecule has 3 N–H and O–H groups in total. The van der Waals surface area contributed by atoms with Crippen LogP contribution in [0.5, 0.6) is 5.75 Å². The molecule has 2 heterocycles. The van der Waals surface area contributed by atoms with Gasteiger partial charge >= 0.3 is 12.0 Å². The molecule has 3 amide bonds. The molecule has 0 bridgehead atoms. The third-order valence-electron chi connectivity index (χ3n) is 3.89. The summed E-state index contributed by atoms with van der Waals surface area (Å²) >= 11 is 0. The van der Waals surface area contributed by atoms with Crippen molar-refractivity contribution in [3.8, 4) is 5.75 Å². The lowest BCUT2D eigenvalue weighted by atomic mass is 10.2. The Labute approximate surface area is 155 Å². The summed E-state index contributed by atoms with van der Waals surface area (Å²) in [6.07, 6.45) is 0. The Kier molecular flexibility index (Phi) is 5.20. The van der Waals surface area contributed by atoms with E-state index in [-0.39, 0.29) is 18.1 Å². The van der Waals surface area contributed by atoms with Gasteiger partial charge < -0.3 is 20.5 Å². The van der Waals surface area contributed by atoms with E-state index in [1.165, 1.54) is 24.0 Å². The number of amides is 3. The lowest BCUT2D eigenvalue weighted by Gasteiger charge is -2.28. The number of pyridine rings is 1. The molecule has 9 heteroatoms. The molecule has 0 spiro atoms. The standard InChI is InChI=1S/C18H18N4O5/c1-11(17(24)25)19-16(23)13-7-8-14-15(21-13)22(9-10-27-14)18(26)20-12-5-3-2-4-6-12/h2-8,11H,9-10H2,1H3,(H,19,23)(H,20,26)(H,24,25). The predicted molar refractivity (Wildman–Crippen MR) is 97.1 cm³/mol. The number of nitrogens with one attached hydrogen (secondary N) is 2. The van der Waals surface area contributed by atoms with Crippen molar-refractivity contribution >= 4 is 29.4 Å². The second-order valence-corrected chi connectivity index (χ2v) is 5.85. The van der Waals surface area contributed by atoms with E-state index in [0.29, 0.717) is 18.0 Å². The van der Waals surface area contributed by atoms with Crippen molar-refractivity contribution in [2.24, 2.45) is 0 Å². The van der Waals surface area contributed by atoms with Gasteiger partial charge in [-0.2, -0.15) is 0 Å². The molecule has 1 aliphatic rings. The molecule has 0 aliphatic carbocycles. The van der Waals surface area contributed by atoms with Gasteiger partial charge in [-0.1, -0.05) is 18.2 Å². The lowest BCUT2D eigenvalue weighted by Crippen LogP contribution is -2.42. The normalized spacial score (nSPS) is 13.7. The maximum atomic E-state index is 12.6. The molecule has 2 aromatic rings. The summed E-state index contributed by atoms with van der Waals surface area (Å²) in [6.45, 7) is 1.90. The van der Waals surface area contributed by atoms with Crippen molar-refractivity contribution in [3.63, 3.8) is 0 Å². The van der Waals surface area contributed by atoms with Crippen LogP contribution in [0.4, 0.5) is 16.3 Å². The smallest absolute Gasteiger partial charge is 0.327 e. The van der Waals surface area contributed by atoms with E-state index in [2.05, 4.69) is 15.6 Å². The zero-order chi connectivity index (χ0) is 19.4. The van der Waals surface area contributed by atoms with Crippen molar-refractivity contribution in [2.45, 2.75) is 13.0 Å². The monoisotopic (exact) mass is 370 g/mol. The van der Waals surface area contributed by atoms with Crippen LogP contribution in [0.1, 0.15) is 17.4 Å². The van der Waals surface area contributed by atoms with Crippen LogP contribution in [0, 0.1) is 0 Å². The van der Waals surface area contributed by atoms with E-state index in [4.69, 9.17) is 9.84 Å². The fourth-order valence-electron chi connectivity index (χ4n) is 2.46. The van der Waals surface area contributed by atoms with Crippen LogP contribution >= 0.6 is 0 Å². The molecule has 3 rings (SSSR count). The average molecular weight is 370 g/mol. The molecule has 0 fully saturated rings. The first-order valence-electron chi connectivity index (χ1n) is 8.27. The predicted octanol–water partition coefficient (Wildman–Crippen LogP) is 1.72. The number of nitrogens with zero attached hydrogens (tertiary/aromatic N) is 2. The Hall–Kier alpha value is -3.62. The molecule has 1 atom stereocenters. The van der Waals surface area contributed by atoms with Gasteiger partial charge in [-0.3, -0.25) is 14.5 Å². The summed E-state index contributed by atoms with van der Waals surface area (Å²) in [5.74, 6) is -1.24. The average Bonchev–Trinajstić information content (AvgIpc) is 2.67. The van der Waals surface area contributed by atoms with Crippen LogP contribution in [0.2, 0.25) is 0 Å².